The van der Waals surface area contributed by atoms with E-state index < -0.39 is 0 Å². The van der Waals surface area contributed by atoms with Crippen LogP contribution in [0.2, 0.25) is 0 Å². The van der Waals surface area contributed by atoms with Crippen molar-refractivity contribution < 1.29 is 4.79 Å². The molecule has 4 aliphatic rings. The summed E-state index contributed by atoms with van der Waals surface area (Å²) in [7, 11) is 0. The average molecular weight is 284 g/mol. The number of hydrogen-bond acceptors (Lipinski definition) is 1. The molecule has 0 N–H and O–H groups in total. The molecule has 0 aromatic carbocycles. The summed E-state index contributed by atoms with van der Waals surface area (Å²) >= 11 is 0. The van der Waals surface area contributed by atoms with Crippen molar-refractivity contribution in [2.24, 2.45) is 28.6 Å². The van der Waals surface area contributed by atoms with Crippen molar-refractivity contribution in [1.29, 1.82) is 0 Å². The van der Waals surface area contributed by atoms with Gasteiger partial charge in [0.25, 0.3) is 0 Å². The molecular weight excluding hydrogens is 256 g/mol. The van der Waals surface area contributed by atoms with Gasteiger partial charge in [0.2, 0.25) is 0 Å². The molecule has 0 aliphatic heterocycles. The molecule has 0 aromatic rings. The first-order valence-corrected chi connectivity index (χ1v) is 8.86. The van der Waals surface area contributed by atoms with Crippen molar-refractivity contribution in [3.8, 4) is 0 Å². The Kier molecular flexibility index (Phi) is 2.85. The number of allylic oxidation sites excluding steroid dienone is 3. The summed E-state index contributed by atoms with van der Waals surface area (Å²) in [6.07, 6.45) is 11.2. The Bertz CT molecular complexity index is 542. The molecule has 0 radical (unpaired) electrons. The summed E-state index contributed by atoms with van der Waals surface area (Å²) in [5.74, 6) is 2.56. The second kappa shape index (κ2) is 4.33. The maximum atomic E-state index is 11.4. The molecule has 0 spiro atoms. The lowest BCUT2D eigenvalue weighted by atomic mass is 9.49. The molecular formula is C20H28O. The zero-order valence-corrected chi connectivity index (χ0v) is 13.6. The van der Waals surface area contributed by atoms with Crippen molar-refractivity contribution in [1.82, 2.24) is 0 Å². The Balaban J connectivity index is 1.71. The van der Waals surface area contributed by atoms with Crippen LogP contribution in [-0.4, -0.2) is 6.29 Å². The third-order valence-corrected chi connectivity index (χ3v) is 8.07. The number of fused-ring (bicyclic) bond motifs is 5. The van der Waals surface area contributed by atoms with Gasteiger partial charge >= 0.3 is 0 Å². The van der Waals surface area contributed by atoms with E-state index in [1.54, 1.807) is 5.57 Å². The van der Waals surface area contributed by atoms with Crippen molar-refractivity contribution in [3.05, 3.63) is 23.3 Å². The van der Waals surface area contributed by atoms with Gasteiger partial charge in [0, 0.05) is 0 Å². The summed E-state index contributed by atoms with van der Waals surface area (Å²) in [6, 6.07) is 0. The van der Waals surface area contributed by atoms with Crippen LogP contribution in [0.3, 0.4) is 0 Å². The lowest BCUT2D eigenvalue weighted by molar-refractivity contribution is -0.105. The first-order valence-electron chi connectivity index (χ1n) is 8.86. The second-order valence-electron chi connectivity index (χ2n) is 8.55. The van der Waals surface area contributed by atoms with Crippen molar-refractivity contribution in [2.45, 2.75) is 65.2 Å². The third kappa shape index (κ3) is 1.61. The minimum atomic E-state index is 0.338. The maximum Gasteiger partial charge on any atom is 0.145 e. The van der Waals surface area contributed by atoms with Crippen LogP contribution in [-0.2, 0) is 4.79 Å². The predicted molar refractivity (Wildman–Crippen MR) is 85.9 cm³/mol. The maximum absolute atomic E-state index is 11.4. The molecule has 4 rings (SSSR count). The molecule has 0 amide bonds. The van der Waals surface area contributed by atoms with Crippen LogP contribution in [0.15, 0.2) is 23.3 Å². The van der Waals surface area contributed by atoms with Crippen LogP contribution >= 0.6 is 0 Å². The van der Waals surface area contributed by atoms with E-state index in [4.69, 9.17) is 0 Å². The van der Waals surface area contributed by atoms with Gasteiger partial charge in [-0.3, -0.25) is 4.79 Å². The Labute approximate surface area is 128 Å². The first-order chi connectivity index (χ1) is 10.0. The molecule has 114 valence electrons. The van der Waals surface area contributed by atoms with Crippen LogP contribution in [0.25, 0.3) is 0 Å². The minimum Gasteiger partial charge on any atom is -0.298 e. The molecule has 21 heavy (non-hydrogen) atoms. The Morgan fingerprint density at radius 1 is 1.00 bits per heavy atom. The number of aldehydes is 1. The van der Waals surface area contributed by atoms with E-state index in [0.29, 0.717) is 10.8 Å². The summed E-state index contributed by atoms with van der Waals surface area (Å²) < 4.78 is 0. The zero-order valence-electron chi connectivity index (χ0n) is 13.6. The fourth-order valence-corrected chi connectivity index (χ4v) is 6.75. The van der Waals surface area contributed by atoms with Gasteiger partial charge in [-0.25, -0.2) is 0 Å². The first kappa shape index (κ1) is 13.8. The van der Waals surface area contributed by atoms with Gasteiger partial charge < -0.3 is 0 Å². The SMILES string of the molecule is C=C1CC[C@H]2[C@@H]3CCC4=C(C=O)CC[C@]4(C)[C@H]3CC[C@]12C. The Hall–Kier alpha value is -0.850. The molecule has 1 nitrogen and oxygen atoms in total. The van der Waals surface area contributed by atoms with Crippen molar-refractivity contribution in [2.75, 3.05) is 0 Å². The molecule has 0 unspecified atom stereocenters. The number of carbonyl (C=O) groups is 1. The summed E-state index contributed by atoms with van der Waals surface area (Å²) in [6.45, 7) is 9.36. The van der Waals surface area contributed by atoms with E-state index in [1.807, 2.05) is 0 Å². The van der Waals surface area contributed by atoms with Gasteiger partial charge in [0.1, 0.15) is 6.29 Å². The third-order valence-electron chi connectivity index (χ3n) is 8.07. The molecule has 3 saturated carbocycles. The summed E-state index contributed by atoms with van der Waals surface area (Å²) in [5, 5.41) is 0. The van der Waals surface area contributed by atoms with Gasteiger partial charge in [0.15, 0.2) is 0 Å². The molecule has 0 heterocycles. The highest BCUT2D eigenvalue weighted by Gasteiger charge is 2.57. The predicted octanol–water partition coefficient (Wildman–Crippen LogP) is 5.07. The molecule has 3 fully saturated rings. The molecule has 5 atom stereocenters. The van der Waals surface area contributed by atoms with Gasteiger partial charge in [0.05, 0.1) is 0 Å². The topological polar surface area (TPSA) is 17.1 Å². The number of carbonyl (C=O) groups excluding carboxylic acids is 1. The second-order valence-corrected chi connectivity index (χ2v) is 8.55. The zero-order chi connectivity index (χ0) is 14.8. The summed E-state index contributed by atoms with van der Waals surface area (Å²) in [4.78, 5) is 11.4. The highest BCUT2D eigenvalue weighted by atomic mass is 16.1. The lowest BCUT2D eigenvalue weighted by Crippen LogP contribution is -2.47. The van der Waals surface area contributed by atoms with Crippen molar-refractivity contribution >= 4 is 6.29 Å². The van der Waals surface area contributed by atoms with E-state index in [0.717, 1.165) is 36.0 Å². The van der Waals surface area contributed by atoms with Crippen molar-refractivity contribution in [3.63, 3.8) is 0 Å². The fraction of sp³-hybridized carbons (Fsp3) is 0.750. The van der Waals surface area contributed by atoms with Crippen LogP contribution in [0.5, 0.6) is 0 Å². The number of rotatable bonds is 1. The molecule has 4 aliphatic carbocycles. The van der Waals surface area contributed by atoms with Gasteiger partial charge in [-0.2, -0.15) is 0 Å². The van der Waals surface area contributed by atoms with Crippen LogP contribution < -0.4 is 0 Å². The van der Waals surface area contributed by atoms with Gasteiger partial charge in [-0.05, 0) is 85.5 Å². The normalized spacial score (nSPS) is 48.9. The highest BCUT2D eigenvalue weighted by Crippen LogP contribution is 2.67. The van der Waals surface area contributed by atoms with Crippen LogP contribution in [0, 0.1) is 28.6 Å². The highest BCUT2D eigenvalue weighted by molar-refractivity contribution is 5.76. The molecule has 0 aromatic heterocycles. The Morgan fingerprint density at radius 3 is 2.52 bits per heavy atom. The lowest BCUT2D eigenvalue weighted by Gasteiger charge is -2.55. The van der Waals surface area contributed by atoms with E-state index in [-0.39, 0.29) is 0 Å². The molecule has 0 bridgehead atoms. The van der Waals surface area contributed by atoms with E-state index in [1.165, 1.54) is 50.5 Å². The fourth-order valence-electron chi connectivity index (χ4n) is 6.75. The van der Waals surface area contributed by atoms with Gasteiger partial charge in [-0.1, -0.05) is 31.6 Å². The number of hydrogen-bond donors (Lipinski definition) is 0. The summed E-state index contributed by atoms with van der Waals surface area (Å²) in [5.41, 5.74) is 4.98. The van der Waals surface area contributed by atoms with Crippen LogP contribution in [0.4, 0.5) is 0 Å². The monoisotopic (exact) mass is 284 g/mol. The van der Waals surface area contributed by atoms with E-state index in [2.05, 4.69) is 20.4 Å². The largest absolute Gasteiger partial charge is 0.298 e. The van der Waals surface area contributed by atoms with Gasteiger partial charge in [-0.15, -0.1) is 0 Å². The smallest absolute Gasteiger partial charge is 0.145 e. The molecule has 0 saturated heterocycles. The standard InChI is InChI=1S/C20H28O/c1-13-4-6-17-15-5-7-16-14(12-21)8-10-20(16,3)18(15)9-11-19(13,17)2/h12,15,17-18H,1,4-11H2,2-3H3/t15-,17-,18-,19+,20-/m0/s1. The Morgan fingerprint density at radius 2 is 1.76 bits per heavy atom. The average Bonchev–Trinajstić information content (AvgIpc) is 2.96. The van der Waals surface area contributed by atoms with E-state index >= 15 is 0 Å². The quantitative estimate of drug-likeness (QED) is 0.485. The van der Waals surface area contributed by atoms with E-state index in [9.17, 15) is 4.79 Å². The van der Waals surface area contributed by atoms with Crippen LogP contribution in [0.1, 0.15) is 65.2 Å². The minimum absolute atomic E-state index is 0.338. The molecule has 1 heteroatoms.